The highest BCUT2D eigenvalue weighted by molar-refractivity contribution is 6.21. The van der Waals surface area contributed by atoms with Crippen LogP contribution in [0.4, 0.5) is 26.3 Å². The van der Waals surface area contributed by atoms with Gasteiger partial charge in [0.1, 0.15) is 25.4 Å². The molecule has 0 radical (unpaired) electrons. The number of amides is 2. The van der Waals surface area contributed by atoms with Crippen LogP contribution < -0.4 is 16.1 Å². The SMILES string of the molecule is Cc1noc(Cn2nc3ccc(-c4ccc(C(F)(F)F)cc4)cn3c2=O)n1.O=C1c2ccccc2C(=O)N1Cc1nc(Cn2nc3ccc(-c4ccc(OC(F)(F)F)cc4)cn3c2=O)no1. The number of ether oxygens (including phenoxy) is 1. The summed E-state index contributed by atoms with van der Waals surface area (Å²) < 4.78 is 94.2. The molecule has 1 aliphatic heterocycles. The number of hydrogen-bond acceptors (Lipinski definition) is 13. The highest BCUT2D eigenvalue weighted by Crippen LogP contribution is 2.31. The summed E-state index contributed by atoms with van der Waals surface area (Å²) in [5.41, 5.74) is 1.89. The number of nitrogens with zero attached hydrogens (tertiary/aromatic N) is 11. The summed E-state index contributed by atoms with van der Waals surface area (Å²) >= 11 is 0. The summed E-state index contributed by atoms with van der Waals surface area (Å²) in [5, 5.41) is 15.9. The molecular weight excluding hydrogens is 885 g/mol. The van der Waals surface area contributed by atoms with Crippen LogP contribution in [0, 0.1) is 6.92 Å². The molecule has 24 heteroatoms. The maximum absolute atomic E-state index is 13.0. The Bertz CT molecular complexity index is 3390. The van der Waals surface area contributed by atoms with E-state index in [0.717, 1.165) is 21.7 Å². The first-order valence-corrected chi connectivity index (χ1v) is 19.3. The summed E-state index contributed by atoms with van der Waals surface area (Å²) in [5.74, 6) is -0.480. The van der Waals surface area contributed by atoms with Gasteiger partial charge < -0.3 is 13.8 Å². The highest BCUT2D eigenvalue weighted by Gasteiger charge is 2.36. The van der Waals surface area contributed by atoms with Crippen LogP contribution in [-0.2, 0) is 25.8 Å². The van der Waals surface area contributed by atoms with E-state index in [0.29, 0.717) is 50.5 Å². The number of hydrogen-bond donors (Lipinski definition) is 0. The molecule has 0 atom stereocenters. The van der Waals surface area contributed by atoms with Crippen LogP contribution >= 0.6 is 0 Å². The molecule has 0 saturated carbocycles. The fourth-order valence-electron chi connectivity index (χ4n) is 6.89. The second kappa shape index (κ2) is 16.5. The van der Waals surface area contributed by atoms with Gasteiger partial charge in [0.05, 0.1) is 16.7 Å². The molecule has 9 aromatic rings. The van der Waals surface area contributed by atoms with E-state index in [1.807, 2.05) is 0 Å². The molecule has 10 rings (SSSR count). The Morgan fingerprint density at radius 3 is 1.59 bits per heavy atom. The molecule has 0 saturated heterocycles. The number of benzene rings is 3. The van der Waals surface area contributed by atoms with Crippen molar-refractivity contribution < 1.29 is 49.7 Å². The summed E-state index contributed by atoms with van der Waals surface area (Å²) in [6.07, 6.45) is -6.15. The number of carbonyl (C=O) groups excluding carboxylic acids is 2. The number of carbonyl (C=O) groups is 2. The minimum atomic E-state index is -4.79. The Balaban J connectivity index is 0.000000178. The lowest BCUT2D eigenvalue weighted by atomic mass is 10.1. The number of aryl methyl sites for hydroxylation is 1. The number of halogens is 6. The molecule has 2 amide bonds. The van der Waals surface area contributed by atoms with Gasteiger partial charge in [-0.3, -0.25) is 14.5 Å². The van der Waals surface area contributed by atoms with Crippen molar-refractivity contribution in [2.24, 2.45) is 0 Å². The minimum absolute atomic E-state index is 0.0107. The van der Waals surface area contributed by atoms with Gasteiger partial charge in [0.2, 0.25) is 11.8 Å². The number of alkyl halides is 6. The third kappa shape index (κ3) is 8.65. The van der Waals surface area contributed by atoms with Gasteiger partial charge in [-0.2, -0.15) is 23.1 Å². The van der Waals surface area contributed by atoms with Crippen molar-refractivity contribution in [2.45, 2.75) is 39.1 Å². The van der Waals surface area contributed by atoms with Crippen LogP contribution in [0.3, 0.4) is 0 Å². The number of imide groups is 1. The van der Waals surface area contributed by atoms with Gasteiger partial charge >= 0.3 is 23.9 Å². The topological polar surface area (TPSA) is 203 Å². The molecule has 0 aliphatic carbocycles. The fourth-order valence-corrected chi connectivity index (χ4v) is 6.89. The Hall–Kier alpha value is -8.70. The van der Waals surface area contributed by atoms with Crippen molar-refractivity contribution in [3.8, 4) is 28.0 Å². The third-order valence-electron chi connectivity index (χ3n) is 9.95. The molecule has 0 N–H and O–H groups in total. The maximum Gasteiger partial charge on any atom is 0.573 e. The Kier molecular flexibility index (Phi) is 10.6. The second-order valence-corrected chi connectivity index (χ2v) is 14.4. The van der Waals surface area contributed by atoms with Gasteiger partial charge in [0.15, 0.2) is 22.9 Å². The molecule has 0 spiro atoms. The predicted molar refractivity (Wildman–Crippen MR) is 214 cm³/mol. The van der Waals surface area contributed by atoms with Crippen molar-refractivity contribution >= 4 is 23.1 Å². The summed E-state index contributed by atoms with van der Waals surface area (Å²) in [6.45, 7) is 1.31. The van der Waals surface area contributed by atoms with Crippen molar-refractivity contribution in [3.05, 3.63) is 171 Å². The maximum atomic E-state index is 13.0. The molecule has 334 valence electrons. The Labute approximate surface area is 363 Å². The molecule has 3 aromatic carbocycles. The molecule has 66 heavy (non-hydrogen) atoms. The smallest absolute Gasteiger partial charge is 0.406 e. The lowest BCUT2D eigenvalue weighted by molar-refractivity contribution is -0.274. The Morgan fingerprint density at radius 2 is 1.08 bits per heavy atom. The molecule has 0 fully saturated rings. The van der Waals surface area contributed by atoms with Crippen molar-refractivity contribution in [2.75, 3.05) is 0 Å². The molecule has 0 bridgehead atoms. The van der Waals surface area contributed by atoms with Crippen molar-refractivity contribution in [1.82, 2.24) is 53.5 Å². The van der Waals surface area contributed by atoms with Crippen LogP contribution in [-0.4, -0.2) is 71.7 Å². The van der Waals surface area contributed by atoms with Gasteiger partial charge in [0, 0.05) is 12.4 Å². The van der Waals surface area contributed by atoms with Crippen LogP contribution in [0.25, 0.3) is 33.5 Å². The van der Waals surface area contributed by atoms with Gasteiger partial charge in [0.25, 0.3) is 11.8 Å². The highest BCUT2D eigenvalue weighted by atomic mass is 19.4. The average Bonchev–Trinajstić information content (AvgIpc) is 4.11. The van der Waals surface area contributed by atoms with Gasteiger partial charge in [-0.1, -0.05) is 46.7 Å². The number of pyridine rings is 2. The average molecular weight is 912 g/mol. The van der Waals surface area contributed by atoms with Crippen molar-refractivity contribution in [3.63, 3.8) is 0 Å². The lowest BCUT2D eigenvalue weighted by Gasteiger charge is -2.09. The van der Waals surface area contributed by atoms with E-state index in [9.17, 15) is 45.5 Å². The summed E-state index contributed by atoms with van der Waals surface area (Å²) in [6, 6.07) is 23.0. The van der Waals surface area contributed by atoms with Gasteiger partial charge in [-0.05, 0) is 89.8 Å². The standard InChI is InChI=1S/C25H15F3N6O5.C17H12F3N5O2/c26-25(27,28)38-16-8-5-14(6-9-16)15-7-10-20-30-34(24(37)32(20)11-15)12-19-29-21(39-31-19)13-33-22(35)17-3-1-2-4-18(17)23(33)36;1-10-21-15(27-23-10)9-25-16(26)24-8-12(4-7-14(24)22-25)11-2-5-13(6-3-11)17(18,19)20/h1-11H,12-13H2;2-8H,9H2,1H3. The van der Waals surface area contributed by atoms with Crippen LogP contribution in [0.5, 0.6) is 5.75 Å². The van der Waals surface area contributed by atoms with E-state index in [-0.39, 0.29) is 43.0 Å². The lowest BCUT2D eigenvalue weighted by Crippen LogP contribution is -2.29. The van der Waals surface area contributed by atoms with E-state index in [1.54, 1.807) is 55.5 Å². The van der Waals surface area contributed by atoms with E-state index in [2.05, 4.69) is 35.2 Å². The predicted octanol–water partition coefficient (Wildman–Crippen LogP) is 6.21. The van der Waals surface area contributed by atoms with Gasteiger partial charge in [-0.15, -0.1) is 23.4 Å². The van der Waals surface area contributed by atoms with E-state index in [4.69, 9.17) is 9.05 Å². The van der Waals surface area contributed by atoms with E-state index >= 15 is 0 Å². The first kappa shape index (κ1) is 42.6. The molecule has 7 heterocycles. The van der Waals surface area contributed by atoms with Crippen LogP contribution in [0.2, 0.25) is 0 Å². The largest absolute Gasteiger partial charge is 0.573 e. The van der Waals surface area contributed by atoms with Gasteiger partial charge in [-0.25, -0.2) is 27.8 Å². The molecule has 6 aromatic heterocycles. The first-order valence-electron chi connectivity index (χ1n) is 19.3. The number of aromatic nitrogens is 10. The molecule has 18 nitrogen and oxygen atoms in total. The number of rotatable bonds is 9. The zero-order valence-electron chi connectivity index (χ0n) is 33.6. The van der Waals surface area contributed by atoms with Crippen LogP contribution in [0.1, 0.15) is 49.7 Å². The Morgan fingerprint density at radius 1 is 0.576 bits per heavy atom. The second-order valence-electron chi connectivity index (χ2n) is 14.4. The van der Waals surface area contributed by atoms with E-state index < -0.39 is 41.3 Å². The minimum Gasteiger partial charge on any atom is -0.406 e. The van der Waals surface area contributed by atoms with Crippen LogP contribution in [0.15, 0.2) is 128 Å². The van der Waals surface area contributed by atoms with Crippen molar-refractivity contribution in [1.29, 1.82) is 0 Å². The fraction of sp³-hybridized carbons (Fsp3) is 0.143. The zero-order chi connectivity index (χ0) is 46.5. The quantitative estimate of drug-likeness (QED) is 0.117. The summed E-state index contributed by atoms with van der Waals surface area (Å²) in [4.78, 5) is 59.8. The molecular formula is C42H27F6N11O7. The van der Waals surface area contributed by atoms with E-state index in [1.165, 1.54) is 62.3 Å². The normalized spacial score (nSPS) is 12.8. The monoisotopic (exact) mass is 911 g/mol. The first-order chi connectivity index (χ1) is 31.5. The molecule has 1 aliphatic rings. The zero-order valence-corrected chi connectivity index (χ0v) is 33.6. The molecule has 0 unspecified atom stereocenters. The third-order valence-corrected chi connectivity index (χ3v) is 9.95. The number of fused-ring (bicyclic) bond motifs is 3. The summed E-state index contributed by atoms with van der Waals surface area (Å²) in [7, 11) is 0.